The van der Waals surface area contributed by atoms with E-state index in [1.165, 1.54) is 11.0 Å². The zero-order chi connectivity index (χ0) is 12.3. The molecule has 8 heteroatoms. The average molecular weight is 239 g/mol. The molecule has 8 nitrogen and oxygen atoms in total. The SMILES string of the molecule is O=C(Cn1cnnn1)N[C@@H]1CC[C@H](C(=O)O)C1. The van der Waals surface area contributed by atoms with Crippen LogP contribution >= 0.6 is 0 Å². The molecule has 0 aliphatic heterocycles. The lowest BCUT2D eigenvalue weighted by atomic mass is 10.1. The molecular weight excluding hydrogens is 226 g/mol. The first-order valence-corrected chi connectivity index (χ1v) is 5.38. The minimum absolute atomic E-state index is 0.0555. The molecule has 0 saturated heterocycles. The Balaban J connectivity index is 1.78. The Bertz CT molecular complexity index is 405. The Hall–Kier alpha value is -1.99. The Morgan fingerprint density at radius 2 is 2.29 bits per heavy atom. The third-order valence-corrected chi connectivity index (χ3v) is 2.84. The van der Waals surface area contributed by atoms with E-state index in [2.05, 4.69) is 20.8 Å². The van der Waals surface area contributed by atoms with Crippen molar-refractivity contribution in [2.45, 2.75) is 31.8 Å². The van der Waals surface area contributed by atoms with Gasteiger partial charge < -0.3 is 10.4 Å². The van der Waals surface area contributed by atoms with Crippen molar-refractivity contribution in [2.24, 2.45) is 5.92 Å². The lowest BCUT2D eigenvalue weighted by molar-refractivity contribution is -0.141. The van der Waals surface area contributed by atoms with Crippen molar-refractivity contribution in [2.75, 3.05) is 0 Å². The number of carbonyl (C=O) groups is 2. The molecule has 0 unspecified atom stereocenters. The fourth-order valence-corrected chi connectivity index (χ4v) is 2.01. The van der Waals surface area contributed by atoms with Gasteiger partial charge in [0.05, 0.1) is 5.92 Å². The molecule has 1 amide bonds. The third kappa shape index (κ3) is 2.99. The highest BCUT2D eigenvalue weighted by molar-refractivity contribution is 5.76. The molecule has 0 bridgehead atoms. The summed E-state index contributed by atoms with van der Waals surface area (Å²) in [5, 5.41) is 22.0. The second-order valence-electron chi connectivity index (χ2n) is 4.12. The van der Waals surface area contributed by atoms with Crippen LogP contribution in [0.1, 0.15) is 19.3 Å². The molecule has 2 rings (SSSR count). The summed E-state index contributed by atoms with van der Waals surface area (Å²) < 4.78 is 1.32. The van der Waals surface area contributed by atoms with Crippen molar-refractivity contribution in [3.63, 3.8) is 0 Å². The second kappa shape index (κ2) is 4.89. The quantitative estimate of drug-likeness (QED) is 0.700. The number of carboxylic acid groups (broad SMARTS) is 1. The van der Waals surface area contributed by atoms with Gasteiger partial charge in [-0.15, -0.1) is 5.10 Å². The van der Waals surface area contributed by atoms with E-state index in [4.69, 9.17) is 5.11 Å². The predicted molar refractivity (Wildman–Crippen MR) is 54.7 cm³/mol. The molecule has 1 aromatic rings. The van der Waals surface area contributed by atoms with E-state index in [9.17, 15) is 9.59 Å². The summed E-state index contributed by atoms with van der Waals surface area (Å²) in [7, 11) is 0. The Labute approximate surface area is 97.0 Å². The number of amides is 1. The van der Waals surface area contributed by atoms with Gasteiger partial charge in [0.1, 0.15) is 12.9 Å². The third-order valence-electron chi connectivity index (χ3n) is 2.84. The Kier molecular flexibility index (Phi) is 3.31. The molecule has 17 heavy (non-hydrogen) atoms. The number of aromatic nitrogens is 4. The van der Waals surface area contributed by atoms with E-state index in [1.807, 2.05) is 0 Å². The van der Waals surface area contributed by atoms with Crippen LogP contribution in [0, 0.1) is 5.92 Å². The molecule has 1 fully saturated rings. The van der Waals surface area contributed by atoms with Crippen molar-refractivity contribution < 1.29 is 14.7 Å². The molecule has 1 aliphatic rings. The standard InChI is InChI=1S/C9H13N5O3/c15-8(4-14-5-10-12-13-14)11-7-2-1-6(3-7)9(16)17/h5-7H,1-4H2,(H,11,15)(H,16,17)/t6-,7+/m0/s1. The van der Waals surface area contributed by atoms with Crippen molar-refractivity contribution in [1.29, 1.82) is 0 Å². The van der Waals surface area contributed by atoms with E-state index >= 15 is 0 Å². The van der Waals surface area contributed by atoms with E-state index in [1.54, 1.807) is 0 Å². The molecular formula is C9H13N5O3. The van der Waals surface area contributed by atoms with E-state index < -0.39 is 5.97 Å². The zero-order valence-electron chi connectivity index (χ0n) is 9.11. The maximum atomic E-state index is 11.6. The van der Waals surface area contributed by atoms with Crippen LogP contribution in [0.4, 0.5) is 0 Å². The Morgan fingerprint density at radius 1 is 1.47 bits per heavy atom. The lowest BCUT2D eigenvalue weighted by Gasteiger charge is -2.11. The van der Waals surface area contributed by atoms with Gasteiger partial charge in [-0.2, -0.15) is 0 Å². The summed E-state index contributed by atoms with van der Waals surface area (Å²) in [4.78, 5) is 22.3. The number of rotatable bonds is 4. The fourth-order valence-electron chi connectivity index (χ4n) is 2.01. The number of hydrogen-bond donors (Lipinski definition) is 2. The van der Waals surface area contributed by atoms with Gasteiger partial charge in [0.25, 0.3) is 0 Å². The van der Waals surface area contributed by atoms with Gasteiger partial charge in [0.2, 0.25) is 5.91 Å². The van der Waals surface area contributed by atoms with Gasteiger partial charge in [0.15, 0.2) is 0 Å². The highest BCUT2D eigenvalue weighted by Gasteiger charge is 2.30. The summed E-state index contributed by atoms with van der Waals surface area (Å²) in [6.07, 6.45) is 3.18. The molecule has 1 aromatic heterocycles. The fraction of sp³-hybridized carbons (Fsp3) is 0.667. The first kappa shape index (κ1) is 11.5. The van der Waals surface area contributed by atoms with E-state index in [0.717, 1.165) is 0 Å². The smallest absolute Gasteiger partial charge is 0.306 e. The van der Waals surface area contributed by atoms with Gasteiger partial charge in [-0.25, -0.2) is 4.68 Å². The molecule has 92 valence electrons. The molecule has 2 N–H and O–H groups in total. The number of nitrogens with one attached hydrogen (secondary N) is 1. The topological polar surface area (TPSA) is 110 Å². The van der Waals surface area contributed by atoms with Crippen LogP contribution in [0.5, 0.6) is 0 Å². The molecule has 1 saturated carbocycles. The van der Waals surface area contributed by atoms with Crippen LogP contribution in [0.3, 0.4) is 0 Å². The number of tetrazole rings is 1. The highest BCUT2D eigenvalue weighted by Crippen LogP contribution is 2.25. The number of aliphatic carboxylic acids is 1. The largest absolute Gasteiger partial charge is 0.481 e. The van der Waals surface area contributed by atoms with Crippen LogP contribution in [-0.4, -0.2) is 43.2 Å². The summed E-state index contributed by atoms with van der Waals surface area (Å²) in [6, 6.07) is -0.0555. The van der Waals surface area contributed by atoms with Crippen LogP contribution < -0.4 is 5.32 Å². The second-order valence-corrected chi connectivity index (χ2v) is 4.12. The molecule has 0 radical (unpaired) electrons. The van der Waals surface area contributed by atoms with Crippen LogP contribution in [-0.2, 0) is 16.1 Å². The van der Waals surface area contributed by atoms with Crippen LogP contribution in [0.25, 0.3) is 0 Å². The van der Waals surface area contributed by atoms with Crippen molar-refractivity contribution in [3.8, 4) is 0 Å². The van der Waals surface area contributed by atoms with Crippen molar-refractivity contribution in [1.82, 2.24) is 25.5 Å². The van der Waals surface area contributed by atoms with Gasteiger partial charge in [-0.05, 0) is 29.7 Å². The van der Waals surface area contributed by atoms with E-state index in [-0.39, 0.29) is 24.4 Å². The minimum Gasteiger partial charge on any atom is -0.481 e. The van der Waals surface area contributed by atoms with Gasteiger partial charge in [-0.3, -0.25) is 9.59 Å². The maximum Gasteiger partial charge on any atom is 0.306 e. The number of carbonyl (C=O) groups excluding carboxylic acids is 1. The average Bonchev–Trinajstić information content (AvgIpc) is 2.88. The number of carboxylic acids is 1. The van der Waals surface area contributed by atoms with Crippen molar-refractivity contribution in [3.05, 3.63) is 6.33 Å². The van der Waals surface area contributed by atoms with Gasteiger partial charge >= 0.3 is 5.97 Å². The molecule has 2 atom stereocenters. The normalized spacial score (nSPS) is 23.5. The predicted octanol–water partition coefficient (Wildman–Crippen LogP) is -0.957. The first-order chi connectivity index (χ1) is 8.15. The summed E-state index contributed by atoms with van der Waals surface area (Å²) in [5.41, 5.74) is 0. The maximum absolute atomic E-state index is 11.6. The molecule has 1 aliphatic carbocycles. The molecule has 1 heterocycles. The highest BCUT2D eigenvalue weighted by atomic mass is 16.4. The van der Waals surface area contributed by atoms with Crippen LogP contribution in [0.15, 0.2) is 6.33 Å². The minimum atomic E-state index is -0.790. The van der Waals surface area contributed by atoms with Crippen molar-refractivity contribution >= 4 is 11.9 Å². The molecule has 0 spiro atoms. The van der Waals surface area contributed by atoms with E-state index in [0.29, 0.717) is 19.3 Å². The number of nitrogens with zero attached hydrogens (tertiary/aromatic N) is 4. The monoisotopic (exact) mass is 239 g/mol. The first-order valence-electron chi connectivity index (χ1n) is 5.38. The summed E-state index contributed by atoms with van der Waals surface area (Å²) >= 11 is 0. The van der Waals surface area contributed by atoms with Crippen LogP contribution in [0.2, 0.25) is 0 Å². The lowest BCUT2D eigenvalue weighted by Crippen LogP contribution is -2.35. The summed E-state index contributed by atoms with van der Waals surface area (Å²) in [6.45, 7) is 0.0568. The number of hydrogen-bond acceptors (Lipinski definition) is 5. The molecule has 0 aromatic carbocycles. The zero-order valence-corrected chi connectivity index (χ0v) is 9.11. The summed E-state index contributed by atoms with van der Waals surface area (Å²) in [5.74, 6) is -1.33. The Morgan fingerprint density at radius 3 is 2.88 bits per heavy atom. The van der Waals surface area contributed by atoms with Gasteiger partial charge in [-0.1, -0.05) is 0 Å². The van der Waals surface area contributed by atoms with Gasteiger partial charge in [0, 0.05) is 6.04 Å².